The molecule has 0 aromatic heterocycles. The van der Waals surface area contributed by atoms with Gasteiger partial charge >= 0.3 is 6.36 Å². The Labute approximate surface area is 91.0 Å². The molecule has 0 amide bonds. The lowest BCUT2D eigenvalue weighted by Crippen LogP contribution is -2.17. The SMILES string of the molecule is CC(C)Oc1ccc(OC(F)(F)F)cc1N. The van der Waals surface area contributed by atoms with Gasteiger partial charge in [0.1, 0.15) is 11.5 Å². The molecule has 0 atom stereocenters. The average molecular weight is 235 g/mol. The van der Waals surface area contributed by atoms with E-state index in [1.807, 2.05) is 0 Å². The Morgan fingerprint density at radius 1 is 1.25 bits per heavy atom. The standard InChI is InChI=1S/C10H12F3NO2/c1-6(2)15-9-4-3-7(5-8(9)14)16-10(11,12)13/h3-6H,14H2,1-2H3. The molecule has 0 saturated heterocycles. The first kappa shape index (κ1) is 12.5. The van der Waals surface area contributed by atoms with E-state index in [0.29, 0.717) is 5.75 Å². The molecule has 1 rings (SSSR count). The second-order valence-electron chi connectivity index (χ2n) is 3.41. The number of ether oxygens (including phenoxy) is 2. The molecule has 90 valence electrons. The van der Waals surface area contributed by atoms with Gasteiger partial charge in [0.05, 0.1) is 11.8 Å². The summed E-state index contributed by atoms with van der Waals surface area (Å²) in [7, 11) is 0. The molecule has 0 bridgehead atoms. The van der Waals surface area contributed by atoms with E-state index in [-0.39, 0.29) is 17.5 Å². The quantitative estimate of drug-likeness (QED) is 0.819. The number of nitrogens with two attached hydrogens (primary N) is 1. The fourth-order valence-electron chi connectivity index (χ4n) is 1.08. The zero-order chi connectivity index (χ0) is 12.3. The molecule has 0 radical (unpaired) electrons. The van der Waals surface area contributed by atoms with Crippen LogP contribution in [0.25, 0.3) is 0 Å². The number of alkyl halides is 3. The molecule has 3 nitrogen and oxygen atoms in total. The molecule has 16 heavy (non-hydrogen) atoms. The minimum absolute atomic E-state index is 0.100. The number of benzene rings is 1. The monoisotopic (exact) mass is 235 g/mol. The van der Waals surface area contributed by atoms with Crippen molar-refractivity contribution >= 4 is 5.69 Å². The summed E-state index contributed by atoms with van der Waals surface area (Å²) in [4.78, 5) is 0. The van der Waals surface area contributed by atoms with Crippen molar-refractivity contribution in [2.24, 2.45) is 0 Å². The fourth-order valence-corrected chi connectivity index (χ4v) is 1.08. The Kier molecular flexibility index (Phi) is 3.51. The molecule has 0 aliphatic rings. The first-order valence-electron chi connectivity index (χ1n) is 4.60. The molecule has 0 aliphatic heterocycles. The summed E-state index contributed by atoms with van der Waals surface area (Å²) in [5, 5.41) is 0. The van der Waals surface area contributed by atoms with Crippen LogP contribution in [-0.2, 0) is 0 Å². The van der Waals surface area contributed by atoms with Gasteiger partial charge in [-0.2, -0.15) is 0 Å². The van der Waals surface area contributed by atoms with Crippen molar-refractivity contribution in [3.05, 3.63) is 18.2 Å². The zero-order valence-electron chi connectivity index (χ0n) is 8.84. The van der Waals surface area contributed by atoms with Crippen molar-refractivity contribution in [1.29, 1.82) is 0 Å². The second-order valence-corrected chi connectivity index (χ2v) is 3.41. The smallest absolute Gasteiger partial charge is 0.489 e. The first-order chi connectivity index (χ1) is 7.28. The van der Waals surface area contributed by atoms with Gasteiger partial charge in [-0.3, -0.25) is 0 Å². The topological polar surface area (TPSA) is 44.5 Å². The molecule has 0 fully saturated rings. The van der Waals surface area contributed by atoms with Crippen molar-refractivity contribution in [2.45, 2.75) is 26.3 Å². The van der Waals surface area contributed by atoms with Gasteiger partial charge in [0.25, 0.3) is 0 Å². The second kappa shape index (κ2) is 4.51. The number of rotatable bonds is 3. The van der Waals surface area contributed by atoms with Crippen LogP contribution >= 0.6 is 0 Å². The lowest BCUT2D eigenvalue weighted by molar-refractivity contribution is -0.274. The van der Waals surface area contributed by atoms with Crippen LogP contribution in [-0.4, -0.2) is 12.5 Å². The highest BCUT2D eigenvalue weighted by Gasteiger charge is 2.31. The van der Waals surface area contributed by atoms with Crippen molar-refractivity contribution in [3.8, 4) is 11.5 Å². The van der Waals surface area contributed by atoms with Gasteiger partial charge in [-0.25, -0.2) is 0 Å². The van der Waals surface area contributed by atoms with Crippen molar-refractivity contribution in [2.75, 3.05) is 5.73 Å². The first-order valence-corrected chi connectivity index (χ1v) is 4.60. The molecule has 0 heterocycles. The van der Waals surface area contributed by atoms with E-state index in [2.05, 4.69) is 4.74 Å². The van der Waals surface area contributed by atoms with E-state index >= 15 is 0 Å². The maximum Gasteiger partial charge on any atom is 0.573 e. The number of halogens is 3. The Hall–Kier alpha value is -1.59. The van der Waals surface area contributed by atoms with Crippen LogP contribution in [0.4, 0.5) is 18.9 Å². The minimum atomic E-state index is -4.72. The third-order valence-electron chi connectivity index (χ3n) is 1.58. The number of anilines is 1. The normalized spacial score (nSPS) is 11.6. The summed E-state index contributed by atoms with van der Waals surface area (Å²) in [5.74, 6) is -0.0226. The molecule has 2 N–H and O–H groups in total. The van der Waals surface area contributed by atoms with Gasteiger partial charge in [-0.05, 0) is 26.0 Å². The molecular weight excluding hydrogens is 223 g/mol. The van der Waals surface area contributed by atoms with E-state index in [1.165, 1.54) is 6.07 Å². The van der Waals surface area contributed by atoms with E-state index in [0.717, 1.165) is 12.1 Å². The maximum absolute atomic E-state index is 11.9. The molecule has 0 aliphatic carbocycles. The highest BCUT2D eigenvalue weighted by molar-refractivity contribution is 5.56. The van der Waals surface area contributed by atoms with E-state index in [4.69, 9.17) is 10.5 Å². The van der Waals surface area contributed by atoms with Gasteiger partial charge < -0.3 is 15.2 Å². The lowest BCUT2D eigenvalue weighted by atomic mass is 10.3. The van der Waals surface area contributed by atoms with Gasteiger partial charge in [0.2, 0.25) is 0 Å². The molecule has 1 aromatic carbocycles. The molecule has 0 unspecified atom stereocenters. The van der Waals surface area contributed by atoms with Gasteiger partial charge in [-0.1, -0.05) is 0 Å². The summed E-state index contributed by atoms with van der Waals surface area (Å²) in [6.45, 7) is 3.58. The van der Waals surface area contributed by atoms with Crippen molar-refractivity contribution in [3.63, 3.8) is 0 Å². The molecular formula is C10H12F3NO2. The summed E-state index contributed by atoms with van der Waals surface area (Å²) >= 11 is 0. The largest absolute Gasteiger partial charge is 0.573 e. The van der Waals surface area contributed by atoms with Crippen LogP contribution < -0.4 is 15.2 Å². The number of hydrogen-bond acceptors (Lipinski definition) is 3. The Morgan fingerprint density at radius 3 is 2.31 bits per heavy atom. The van der Waals surface area contributed by atoms with Crippen LogP contribution in [0.3, 0.4) is 0 Å². The Morgan fingerprint density at radius 2 is 1.88 bits per heavy atom. The molecule has 6 heteroatoms. The van der Waals surface area contributed by atoms with Crippen LogP contribution in [0.15, 0.2) is 18.2 Å². The van der Waals surface area contributed by atoms with E-state index < -0.39 is 6.36 Å². The van der Waals surface area contributed by atoms with Crippen LogP contribution in [0.5, 0.6) is 11.5 Å². The zero-order valence-corrected chi connectivity index (χ0v) is 8.84. The van der Waals surface area contributed by atoms with Gasteiger partial charge in [0, 0.05) is 6.07 Å². The molecule has 1 aromatic rings. The molecule has 0 spiro atoms. The lowest BCUT2D eigenvalue weighted by Gasteiger charge is -2.14. The summed E-state index contributed by atoms with van der Waals surface area (Å²) in [6.07, 6.45) is -4.82. The van der Waals surface area contributed by atoms with Crippen LogP contribution in [0.1, 0.15) is 13.8 Å². The Balaban J connectivity index is 2.83. The van der Waals surface area contributed by atoms with E-state index in [1.54, 1.807) is 13.8 Å². The third-order valence-corrected chi connectivity index (χ3v) is 1.58. The minimum Gasteiger partial charge on any atom is -0.489 e. The molecule has 0 saturated carbocycles. The highest BCUT2D eigenvalue weighted by Crippen LogP contribution is 2.30. The highest BCUT2D eigenvalue weighted by atomic mass is 19.4. The van der Waals surface area contributed by atoms with Crippen LogP contribution in [0.2, 0.25) is 0 Å². The number of nitrogen functional groups attached to an aromatic ring is 1. The van der Waals surface area contributed by atoms with Gasteiger partial charge in [-0.15, -0.1) is 13.2 Å². The predicted octanol–water partition coefficient (Wildman–Crippen LogP) is 2.95. The van der Waals surface area contributed by atoms with Crippen molar-refractivity contribution in [1.82, 2.24) is 0 Å². The summed E-state index contributed by atoms with van der Waals surface area (Å²) in [5.41, 5.74) is 5.62. The summed E-state index contributed by atoms with van der Waals surface area (Å²) in [6, 6.07) is 3.57. The van der Waals surface area contributed by atoms with Crippen LogP contribution in [0, 0.1) is 0 Å². The number of hydrogen-bond donors (Lipinski definition) is 1. The fraction of sp³-hybridized carbons (Fsp3) is 0.400. The third kappa shape index (κ3) is 3.88. The summed E-state index contributed by atoms with van der Waals surface area (Å²) < 4.78 is 44.6. The van der Waals surface area contributed by atoms with Gasteiger partial charge in [0.15, 0.2) is 0 Å². The Bertz CT molecular complexity index is 364. The van der Waals surface area contributed by atoms with E-state index in [9.17, 15) is 13.2 Å². The maximum atomic E-state index is 11.9. The predicted molar refractivity (Wildman–Crippen MR) is 53.3 cm³/mol. The van der Waals surface area contributed by atoms with Crippen molar-refractivity contribution < 1.29 is 22.6 Å². The average Bonchev–Trinajstić information content (AvgIpc) is 2.06.